The zero-order chi connectivity index (χ0) is 19.4. The number of amides is 1. The highest BCUT2D eigenvalue weighted by molar-refractivity contribution is 6.05. The van der Waals surface area contributed by atoms with Crippen LogP contribution >= 0.6 is 0 Å². The average molecular weight is 360 g/mol. The number of nitrogens with zero attached hydrogens (tertiary/aromatic N) is 3. The van der Waals surface area contributed by atoms with Crippen LogP contribution in [-0.4, -0.2) is 21.3 Å². The summed E-state index contributed by atoms with van der Waals surface area (Å²) in [5, 5.41) is 23.6. The number of fused-ring (bicyclic) bond motifs is 1. The molecule has 7 heteroatoms. The minimum atomic E-state index is -0.597. The van der Waals surface area contributed by atoms with Crippen molar-refractivity contribution < 1.29 is 9.90 Å². The van der Waals surface area contributed by atoms with E-state index in [1.165, 1.54) is 11.5 Å². The number of hydrogen-bond donors (Lipinski definition) is 2. The summed E-state index contributed by atoms with van der Waals surface area (Å²) in [7, 11) is 0. The Kier molecular flexibility index (Phi) is 4.99. The summed E-state index contributed by atoms with van der Waals surface area (Å²) in [6.07, 6.45) is -0.352. The van der Waals surface area contributed by atoms with Crippen LogP contribution in [0.3, 0.4) is 0 Å². The minimum Gasteiger partial charge on any atom is -0.506 e. The molecule has 0 atom stereocenters. The molecule has 27 heavy (non-hydrogen) atoms. The van der Waals surface area contributed by atoms with E-state index in [0.717, 1.165) is 0 Å². The second kappa shape index (κ2) is 7.54. The van der Waals surface area contributed by atoms with Crippen LogP contribution in [0.5, 0.6) is 5.75 Å². The lowest BCUT2D eigenvalue weighted by Gasteiger charge is -2.15. The predicted molar refractivity (Wildman–Crippen MR) is 102 cm³/mol. The van der Waals surface area contributed by atoms with Crippen molar-refractivity contribution in [2.24, 2.45) is 5.10 Å². The molecule has 1 heterocycles. The molecule has 0 fully saturated rings. The highest BCUT2D eigenvalue weighted by atomic mass is 16.3. The first-order valence-electron chi connectivity index (χ1n) is 8.17. The van der Waals surface area contributed by atoms with Gasteiger partial charge in [0.05, 0.1) is 17.3 Å². The molecule has 2 aromatic carbocycles. The number of hydrazone groups is 1. The molecule has 7 nitrogen and oxygen atoms in total. The van der Waals surface area contributed by atoms with E-state index in [1.54, 1.807) is 42.5 Å². The molecule has 0 aliphatic heterocycles. The molecule has 0 saturated carbocycles. The van der Waals surface area contributed by atoms with Gasteiger partial charge >= 0.3 is 0 Å². The summed E-state index contributed by atoms with van der Waals surface area (Å²) in [6.45, 7) is 1.51. The van der Waals surface area contributed by atoms with Crippen molar-refractivity contribution in [3.8, 4) is 17.5 Å². The molecule has 1 aromatic heterocycles. The van der Waals surface area contributed by atoms with Crippen molar-refractivity contribution in [2.75, 3.05) is 0 Å². The number of para-hydroxylation sites is 2. The van der Waals surface area contributed by atoms with Gasteiger partial charge in [-0.3, -0.25) is 14.2 Å². The summed E-state index contributed by atoms with van der Waals surface area (Å²) in [5.41, 5.74) is 3.06. The number of benzene rings is 2. The van der Waals surface area contributed by atoms with Crippen LogP contribution in [0.25, 0.3) is 16.6 Å². The Labute approximate surface area is 154 Å². The summed E-state index contributed by atoms with van der Waals surface area (Å²) in [4.78, 5) is 24.6. The molecule has 0 unspecified atom stereocenters. The molecule has 3 aromatic rings. The van der Waals surface area contributed by atoms with Gasteiger partial charge in [0, 0.05) is 11.1 Å². The van der Waals surface area contributed by atoms with Gasteiger partial charge in [0.25, 0.3) is 11.5 Å². The molecule has 0 radical (unpaired) electrons. The molecule has 1 amide bonds. The van der Waals surface area contributed by atoms with Crippen molar-refractivity contribution in [1.82, 2.24) is 9.99 Å². The number of pyridine rings is 1. The third-order valence-electron chi connectivity index (χ3n) is 4.02. The lowest BCUT2D eigenvalue weighted by atomic mass is 10.1. The van der Waals surface area contributed by atoms with Crippen molar-refractivity contribution in [2.45, 2.75) is 13.3 Å². The van der Waals surface area contributed by atoms with Crippen molar-refractivity contribution in [1.29, 1.82) is 5.26 Å². The Morgan fingerprint density at radius 3 is 2.56 bits per heavy atom. The second-order valence-corrected chi connectivity index (χ2v) is 5.78. The van der Waals surface area contributed by atoms with Crippen LogP contribution in [0.4, 0.5) is 0 Å². The third-order valence-corrected chi connectivity index (χ3v) is 4.02. The third kappa shape index (κ3) is 3.41. The molecular weight excluding hydrogens is 344 g/mol. The average Bonchev–Trinajstić information content (AvgIpc) is 2.68. The Morgan fingerprint density at radius 2 is 1.85 bits per heavy atom. The first-order valence-corrected chi connectivity index (χ1v) is 8.17. The van der Waals surface area contributed by atoms with Gasteiger partial charge < -0.3 is 5.11 Å². The molecule has 0 aliphatic carbocycles. The number of carbonyl (C=O) groups is 1. The zero-order valence-corrected chi connectivity index (χ0v) is 14.5. The fourth-order valence-corrected chi connectivity index (χ4v) is 2.80. The number of hydrogen-bond acceptors (Lipinski definition) is 5. The van der Waals surface area contributed by atoms with Crippen LogP contribution < -0.4 is 11.0 Å². The van der Waals surface area contributed by atoms with E-state index in [9.17, 15) is 14.7 Å². The largest absolute Gasteiger partial charge is 0.506 e. The molecule has 0 saturated heterocycles. The van der Waals surface area contributed by atoms with E-state index in [0.29, 0.717) is 16.6 Å². The number of carbonyl (C=O) groups excluding carboxylic acids is 1. The number of aromatic nitrogens is 1. The maximum absolute atomic E-state index is 13.2. The topological polar surface area (TPSA) is 107 Å². The lowest BCUT2D eigenvalue weighted by molar-refractivity contribution is -0.120. The highest BCUT2D eigenvalue weighted by Gasteiger charge is 2.19. The first-order chi connectivity index (χ1) is 13.0. The van der Waals surface area contributed by atoms with Gasteiger partial charge in [-0.15, -0.1) is 0 Å². The standard InChI is InChI=1S/C20H16N4O3/c1-13(22-23-17(25)11-12-21)18-19(26)15-9-5-6-10-16(15)24(20(18)27)14-7-3-2-4-8-14/h2-10,26H,11H2,1H3,(H,23,25)/b22-13-. The minimum absolute atomic E-state index is 0.0187. The van der Waals surface area contributed by atoms with E-state index in [2.05, 4.69) is 10.5 Å². The van der Waals surface area contributed by atoms with Crippen molar-refractivity contribution >= 4 is 22.5 Å². The van der Waals surface area contributed by atoms with E-state index >= 15 is 0 Å². The van der Waals surface area contributed by atoms with Gasteiger partial charge in [-0.2, -0.15) is 10.4 Å². The molecule has 2 N–H and O–H groups in total. The van der Waals surface area contributed by atoms with Crippen LogP contribution in [0.15, 0.2) is 64.5 Å². The molecule has 0 aliphatic rings. The number of nitriles is 1. The fourth-order valence-electron chi connectivity index (χ4n) is 2.80. The number of rotatable bonds is 4. The molecule has 134 valence electrons. The summed E-state index contributed by atoms with van der Waals surface area (Å²) >= 11 is 0. The van der Waals surface area contributed by atoms with E-state index < -0.39 is 11.5 Å². The fraction of sp³-hybridized carbons (Fsp3) is 0.100. The summed E-state index contributed by atoms with van der Waals surface area (Å²) < 4.78 is 1.49. The quantitative estimate of drug-likeness (QED) is 0.550. The van der Waals surface area contributed by atoms with Crippen LogP contribution in [0.2, 0.25) is 0 Å². The Hall–Kier alpha value is -3.92. The van der Waals surface area contributed by atoms with E-state index in [-0.39, 0.29) is 23.4 Å². The first kappa shape index (κ1) is 17.9. The molecule has 3 rings (SSSR count). The molecule has 0 spiro atoms. The van der Waals surface area contributed by atoms with Gasteiger partial charge in [0.1, 0.15) is 17.7 Å². The predicted octanol–water partition coefficient (Wildman–Crippen LogP) is 2.45. The normalized spacial score (nSPS) is 11.2. The van der Waals surface area contributed by atoms with Gasteiger partial charge in [-0.1, -0.05) is 30.3 Å². The maximum atomic E-state index is 13.2. The van der Waals surface area contributed by atoms with Gasteiger partial charge in [0.2, 0.25) is 0 Å². The maximum Gasteiger partial charge on any atom is 0.268 e. The second-order valence-electron chi connectivity index (χ2n) is 5.78. The number of aromatic hydroxyl groups is 1. The monoisotopic (exact) mass is 360 g/mol. The molecular formula is C20H16N4O3. The van der Waals surface area contributed by atoms with Gasteiger partial charge in [-0.25, -0.2) is 5.43 Å². The molecule has 0 bridgehead atoms. The Balaban J connectivity index is 2.26. The lowest BCUT2D eigenvalue weighted by Crippen LogP contribution is -2.27. The van der Waals surface area contributed by atoms with E-state index in [4.69, 9.17) is 5.26 Å². The van der Waals surface area contributed by atoms with Gasteiger partial charge in [0.15, 0.2) is 0 Å². The highest BCUT2D eigenvalue weighted by Crippen LogP contribution is 2.28. The van der Waals surface area contributed by atoms with Crippen LogP contribution in [-0.2, 0) is 4.79 Å². The Bertz CT molecular complexity index is 1140. The smallest absolute Gasteiger partial charge is 0.268 e. The number of nitrogens with one attached hydrogen (secondary N) is 1. The van der Waals surface area contributed by atoms with Gasteiger partial charge in [-0.05, 0) is 31.2 Å². The summed E-state index contributed by atoms with van der Waals surface area (Å²) in [6, 6.07) is 17.7. The Morgan fingerprint density at radius 1 is 1.19 bits per heavy atom. The zero-order valence-electron chi connectivity index (χ0n) is 14.5. The van der Waals surface area contributed by atoms with E-state index in [1.807, 2.05) is 18.2 Å². The van der Waals surface area contributed by atoms with Crippen molar-refractivity contribution in [3.05, 3.63) is 70.5 Å². The SMILES string of the molecule is C/C(=N/NC(=O)CC#N)c1c(O)c2ccccc2n(-c2ccccc2)c1=O. The van der Waals surface area contributed by atoms with Crippen molar-refractivity contribution in [3.63, 3.8) is 0 Å². The summed E-state index contributed by atoms with van der Waals surface area (Å²) in [5.74, 6) is -0.806. The van der Waals surface area contributed by atoms with Crippen LogP contribution in [0, 0.1) is 11.3 Å². The van der Waals surface area contributed by atoms with Crippen LogP contribution in [0.1, 0.15) is 18.9 Å².